The molecule has 0 radical (unpaired) electrons. The van der Waals surface area contributed by atoms with Crippen LogP contribution in [0, 0.1) is 6.92 Å². The second-order valence-electron chi connectivity index (χ2n) is 11.5. The highest BCUT2D eigenvalue weighted by Crippen LogP contribution is 2.37. The molecule has 12 heteroatoms. The van der Waals surface area contributed by atoms with E-state index in [9.17, 15) is 18.4 Å². The van der Waals surface area contributed by atoms with E-state index in [1.54, 1.807) is 33.1 Å². The number of anilines is 1. The number of amides is 1. The Labute approximate surface area is 269 Å². The Bertz CT molecular complexity index is 1180. The maximum absolute atomic E-state index is 12.2. The lowest BCUT2D eigenvalue weighted by Gasteiger charge is -2.32. The molecule has 9 nitrogen and oxygen atoms in total. The first kappa shape index (κ1) is 41.8. The van der Waals surface area contributed by atoms with Crippen molar-refractivity contribution in [3.8, 4) is 5.75 Å². The number of aldehydes is 1. The van der Waals surface area contributed by atoms with E-state index in [4.69, 9.17) is 18.8 Å². The smallest absolute Gasteiger partial charge is 0.495 e. The fourth-order valence-electron chi connectivity index (χ4n) is 4.03. The number of rotatable bonds is 10. The van der Waals surface area contributed by atoms with Gasteiger partial charge in [-0.15, -0.1) is 0 Å². The van der Waals surface area contributed by atoms with Crippen LogP contribution in [0.2, 0.25) is 0 Å². The molecule has 0 spiro atoms. The van der Waals surface area contributed by atoms with Crippen LogP contribution in [0.1, 0.15) is 83.3 Å². The Kier molecular flexibility index (Phi) is 18.0. The van der Waals surface area contributed by atoms with Crippen LogP contribution in [0.4, 0.5) is 19.3 Å². The summed E-state index contributed by atoms with van der Waals surface area (Å²) in [6.45, 7) is 16.5. The van der Waals surface area contributed by atoms with E-state index in [-0.39, 0.29) is 0 Å². The van der Waals surface area contributed by atoms with Gasteiger partial charge in [0.2, 0.25) is 0 Å². The lowest BCUT2D eigenvalue weighted by molar-refractivity contribution is 0.00578. The van der Waals surface area contributed by atoms with E-state index in [1.165, 1.54) is 7.05 Å². The molecule has 2 aromatic carbocycles. The van der Waals surface area contributed by atoms with Crippen LogP contribution in [-0.4, -0.2) is 70.5 Å². The molecule has 1 heterocycles. The second kappa shape index (κ2) is 19.3. The molecule has 1 saturated heterocycles. The minimum absolute atomic E-state index is 0.407. The maximum atomic E-state index is 12.2. The van der Waals surface area contributed by atoms with E-state index in [2.05, 4.69) is 11.1 Å². The van der Waals surface area contributed by atoms with E-state index in [0.717, 1.165) is 34.3 Å². The van der Waals surface area contributed by atoms with Gasteiger partial charge in [0.15, 0.2) is 0 Å². The summed E-state index contributed by atoms with van der Waals surface area (Å²) >= 11 is 0. The van der Waals surface area contributed by atoms with Crippen molar-refractivity contribution in [3.05, 3.63) is 53.1 Å². The summed E-state index contributed by atoms with van der Waals surface area (Å²) in [5.41, 5.74) is 6.96. The van der Waals surface area contributed by atoms with Gasteiger partial charge in [-0.25, -0.2) is 13.6 Å². The average molecular weight is 638 g/mol. The number of nitrogens with two attached hydrogens (primary N) is 1. The first-order valence-electron chi connectivity index (χ1n) is 15.1. The number of aryl methyl sites for hydroxylation is 2. The van der Waals surface area contributed by atoms with Crippen molar-refractivity contribution in [1.82, 2.24) is 5.32 Å². The van der Waals surface area contributed by atoms with Gasteiger partial charge in [0, 0.05) is 24.4 Å². The number of ether oxygens (including phenoxy) is 2. The van der Waals surface area contributed by atoms with E-state index < -0.39 is 43.0 Å². The Balaban J connectivity index is 0.00000107. The topological polar surface area (TPSA) is 121 Å². The molecular formula is C33H54BF2N3O6. The summed E-state index contributed by atoms with van der Waals surface area (Å²) in [4.78, 5) is 23.0. The number of hydrogen-bond acceptors (Lipinski definition) is 8. The molecule has 0 atom stereocenters. The molecule has 254 valence electrons. The monoisotopic (exact) mass is 637 g/mol. The number of nitrogens with one attached hydrogen (secondary N) is 2. The van der Waals surface area contributed by atoms with Crippen LogP contribution in [0.5, 0.6) is 5.75 Å². The van der Waals surface area contributed by atoms with Crippen molar-refractivity contribution in [2.24, 2.45) is 5.73 Å². The summed E-state index contributed by atoms with van der Waals surface area (Å²) in [6, 6.07) is 11.3. The number of alkyl halides is 2. The van der Waals surface area contributed by atoms with Crippen molar-refractivity contribution in [3.63, 3.8) is 0 Å². The van der Waals surface area contributed by atoms with Gasteiger partial charge in [-0.1, -0.05) is 32.0 Å². The molecule has 4 N–H and O–H groups in total. The molecular weight excluding hydrogens is 583 g/mol. The van der Waals surface area contributed by atoms with Crippen LogP contribution in [0.25, 0.3) is 0 Å². The number of benzene rings is 2. The fraction of sp³-hybridized carbons (Fsp3) is 0.576. The first-order valence-corrected chi connectivity index (χ1v) is 15.1. The number of carbonyl (C=O) groups is 2. The van der Waals surface area contributed by atoms with Crippen molar-refractivity contribution in [2.75, 3.05) is 33.1 Å². The minimum Gasteiger partial charge on any atom is -0.496 e. The number of alkyl carbamates (subject to hydrolysis) is 1. The summed E-state index contributed by atoms with van der Waals surface area (Å²) in [7, 11) is 4.48. The van der Waals surface area contributed by atoms with Gasteiger partial charge in [0.1, 0.15) is 17.6 Å². The van der Waals surface area contributed by atoms with Gasteiger partial charge >= 0.3 is 13.2 Å². The van der Waals surface area contributed by atoms with Gasteiger partial charge in [-0.3, -0.25) is 4.79 Å². The quantitative estimate of drug-likeness (QED) is 0.210. The van der Waals surface area contributed by atoms with E-state index in [1.807, 2.05) is 85.1 Å². The van der Waals surface area contributed by atoms with E-state index >= 15 is 0 Å². The summed E-state index contributed by atoms with van der Waals surface area (Å²) in [5, 5.41) is 5.08. The molecule has 1 aliphatic heterocycles. The Morgan fingerprint density at radius 2 is 1.64 bits per heavy atom. The zero-order valence-corrected chi connectivity index (χ0v) is 29.1. The Morgan fingerprint density at radius 3 is 2.13 bits per heavy atom. The SMILES string of the molecule is CC.CC(C)(CCc1cc(C=O)ccc1B1OC(C)(C)C(C)(C)O1)OC(=O)NCC(F)F.CN.CNc1ccc(C)c(OC)c1. The Hall–Kier alpha value is -3.22. The summed E-state index contributed by atoms with van der Waals surface area (Å²) in [6.07, 6.45) is -1.90. The highest BCUT2D eigenvalue weighted by atomic mass is 19.3. The van der Waals surface area contributed by atoms with Gasteiger partial charge in [0.25, 0.3) is 6.43 Å². The predicted octanol–water partition coefficient (Wildman–Crippen LogP) is 6.15. The van der Waals surface area contributed by atoms with Gasteiger partial charge < -0.3 is 35.1 Å². The summed E-state index contributed by atoms with van der Waals surface area (Å²) < 4.78 is 47.2. The number of methoxy groups -OCH3 is 1. The average Bonchev–Trinajstić information content (AvgIpc) is 3.23. The lowest BCUT2D eigenvalue weighted by Crippen LogP contribution is -2.41. The molecule has 0 unspecified atom stereocenters. The molecule has 0 aliphatic carbocycles. The molecule has 3 rings (SSSR count). The molecule has 1 amide bonds. The zero-order valence-electron chi connectivity index (χ0n) is 29.1. The maximum Gasteiger partial charge on any atom is 0.495 e. The van der Waals surface area contributed by atoms with Crippen LogP contribution < -0.4 is 26.6 Å². The van der Waals surface area contributed by atoms with Crippen molar-refractivity contribution in [1.29, 1.82) is 0 Å². The molecule has 0 aromatic heterocycles. The van der Waals surface area contributed by atoms with Crippen molar-refractivity contribution < 1.29 is 37.2 Å². The van der Waals surface area contributed by atoms with E-state index in [0.29, 0.717) is 18.4 Å². The number of hydrogen-bond donors (Lipinski definition) is 3. The Morgan fingerprint density at radius 1 is 1.07 bits per heavy atom. The van der Waals surface area contributed by atoms with Crippen molar-refractivity contribution >= 4 is 30.6 Å². The van der Waals surface area contributed by atoms with Crippen LogP contribution in [-0.2, 0) is 20.5 Å². The third kappa shape index (κ3) is 13.4. The van der Waals surface area contributed by atoms with Crippen LogP contribution in [0.3, 0.4) is 0 Å². The van der Waals surface area contributed by atoms with Crippen LogP contribution >= 0.6 is 0 Å². The highest BCUT2D eigenvalue weighted by Gasteiger charge is 2.52. The second-order valence-corrected chi connectivity index (χ2v) is 11.5. The minimum atomic E-state index is -2.64. The third-order valence-corrected chi connectivity index (χ3v) is 7.27. The summed E-state index contributed by atoms with van der Waals surface area (Å²) in [5.74, 6) is 0.928. The molecule has 0 saturated carbocycles. The molecule has 45 heavy (non-hydrogen) atoms. The molecule has 2 aromatic rings. The first-order chi connectivity index (χ1) is 21.0. The molecule has 1 fully saturated rings. The van der Waals surface area contributed by atoms with Gasteiger partial charge in [-0.2, -0.15) is 0 Å². The van der Waals surface area contributed by atoms with Crippen molar-refractivity contribution in [2.45, 2.75) is 98.4 Å². The normalized spacial score (nSPS) is 14.4. The third-order valence-electron chi connectivity index (χ3n) is 7.27. The lowest BCUT2D eigenvalue weighted by atomic mass is 9.74. The number of halogens is 2. The fourth-order valence-corrected chi connectivity index (χ4v) is 4.03. The van der Waals surface area contributed by atoms with Crippen LogP contribution in [0.15, 0.2) is 36.4 Å². The van der Waals surface area contributed by atoms with Gasteiger partial charge in [-0.05, 0) is 97.1 Å². The predicted molar refractivity (Wildman–Crippen MR) is 179 cm³/mol. The molecule has 1 aliphatic rings. The number of carbonyl (C=O) groups excluding carboxylic acids is 2. The van der Waals surface area contributed by atoms with Gasteiger partial charge in [0.05, 0.1) is 24.9 Å². The standard InChI is InChI=1S/C21H30BF2NO5.C9H13NO.C2H6.CH5N/c1-19(2,28-18(27)25-12-17(23)24)10-9-15-11-14(13-26)7-8-16(15)22-29-20(3,4)21(5,6)30-22;1-7-4-5-8(10-2)6-9(7)11-3;2*1-2/h7-8,11,13,17H,9-10,12H2,1-6H3,(H,25,27);4-6,10H,1-3H3;1-2H3;2H2,1H3. The molecule has 0 bridgehead atoms. The highest BCUT2D eigenvalue weighted by molar-refractivity contribution is 6.62. The zero-order chi connectivity index (χ0) is 35.0. The largest absolute Gasteiger partial charge is 0.496 e.